The first kappa shape index (κ1) is 22.2. The Kier molecular flexibility index (Phi) is 7.18. The van der Waals surface area contributed by atoms with Gasteiger partial charge in [0, 0.05) is 46.2 Å². The molecule has 5 nitrogen and oxygen atoms in total. The second-order valence-electron chi connectivity index (χ2n) is 7.53. The van der Waals surface area contributed by atoms with E-state index in [-0.39, 0.29) is 12.0 Å². The predicted octanol–water partition coefficient (Wildman–Crippen LogP) is 5.71. The van der Waals surface area contributed by atoms with Crippen LogP contribution in [0, 0.1) is 0 Å². The molecule has 0 N–H and O–H groups in total. The minimum absolute atomic E-state index is 0.0328. The van der Waals surface area contributed by atoms with Crippen molar-refractivity contribution in [1.82, 2.24) is 14.5 Å². The summed E-state index contributed by atoms with van der Waals surface area (Å²) in [4.78, 5) is 19.6. The Balaban J connectivity index is 1.56. The fraction of sp³-hybridized carbons (Fsp3) is 0.304. The van der Waals surface area contributed by atoms with Crippen LogP contribution in [0.5, 0.6) is 0 Å². The van der Waals surface area contributed by atoms with Crippen LogP contribution in [0.3, 0.4) is 0 Å². The van der Waals surface area contributed by atoms with Crippen molar-refractivity contribution in [1.29, 1.82) is 0 Å². The second kappa shape index (κ2) is 10.0. The van der Waals surface area contributed by atoms with Crippen molar-refractivity contribution in [3.05, 3.63) is 86.9 Å². The van der Waals surface area contributed by atoms with Gasteiger partial charge in [0.15, 0.2) is 0 Å². The normalized spacial score (nSPS) is 15.9. The van der Waals surface area contributed by atoms with Gasteiger partial charge in [0.25, 0.3) is 5.91 Å². The Bertz CT molecular complexity index is 1050. The molecule has 8 heteroatoms. The highest BCUT2D eigenvalue weighted by Gasteiger charge is 2.25. The molecule has 1 atom stereocenters. The summed E-state index contributed by atoms with van der Waals surface area (Å²) >= 11 is 18.4. The number of halogens is 3. The number of carbonyl (C=O) groups excluding carboxylic acids is 1. The van der Waals surface area contributed by atoms with Crippen molar-refractivity contribution in [2.75, 3.05) is 13.2 Å². The molecule has 1 aliphatic rings. The highest BCUT2D eigenvalue weighted by atomic mass is 35.5. The van der Waals surface area contributed by atoms with Gasteiger partial charge in [-0.15, -0.1) is 0 Å². The first-order valence-corrected chi connectivity index (χ1v) is 11.2. The summed E-state index contributed by atoms with van der Waals surface area (Å²) < 4.78 is 7.78. The summed E-state index contributed by atoms with van der Waals surface area (Å²) in [5.74, 6) is 0.692. The summed E-state index contributed by atoms with van der Waals surface area (Å²) in [6.45, 7) is 2.14. The fourth-order valence-electron chi connectivity index (χ4n) is 3.67. The molecule has 0 aliphatic carbocycles. The third kappa shape index (κ3) is 5.60. The number of aromatic nitrogens is 2. The van der Waals surface area contributed by atoms with Gasteiger partial charge in [-0.2, -0.15) is 0 Å². The van der Waals surface area contributed by atoms with Gasteiger partial charge >= 0.3 is 0 Å². The topological polar surface area (TPSA) is 47.4 Å². The molecule has 162 valence electrons. The average Bonchev–Trinajstić information content (AvgIpc) is 3.42. The van der Waals surface area contributed by atoms with Gasteiger partial charge in [0.2, 0.25) is 0 Å². The van der Waals surface area contributed by atoms with Crippen molar-refractivity contribution in [2.45, 2.75) is 32.0 Å². The lowest BCUT2D eigenvalue weighted by molar-refractivity contribution is 0.0499. The number of hydrogen-bond acceptors (Lipinski definition) is 3. The molecule has 1 amide bonds. The van der Waals surface area contributed by atoms with Crippen molar-refractivity contribution in [3.8, 4) is 0 Å². The zero-order valence-electron chi connectivity index (χ0n) is 16.8. The van der Waals surface area contributed by atoms with Gasteiger partial charge in [-0.3, -0.25) is 4.79 Å². The highest BCUT2D eigenvalue weighted by molar-refractivity contribution is 6.35. The maximum atomic E-state index is 13.3. The zero-order valence-corrected chi connectivity index (χ0v) is 19.1. The van der Waals surface area contributed by atoms with Crippen LogP contribution in [0.4, 0.5) is 0 Å². The molecule has 0 saturated carbocycles. The molecule has 0 radical (unpaired) electrons. The lowest BCUT2D eigenvalue weighted by atomic mass is 10.1. The SMILES string of the molecule is O=C(c1ccc(Cl)cc1)N(Cc1nccn1Cc1ccc(Cl)cc1Cl)C[C@H]1CCCO1. The largest absolute Gasteiger partial charge is 0.376 e. The lowest BCUT2D eigenvalue weighted by Gasteiger charge is -2.26. The summed E-state index contributed by atoms with van der Waals surface area (Å²) in [6.07, 6.45) is 5.61. The predicted molar refractivity (Wildman–Crippen MR) is 123 cm³/mol. The van der Waals surface area contributed by atoms with Crippen molar-refractivity contribution >= 4 is 40.7 Å². The maximum absolute atomic E-state index is 13.3. The number of benzene rings is 2. The summed E-state index contributed by atoms with van der Waals surface area (Å²) in [5, 5.41) is 1.79. The van der Waals surface area contributed by atoms with Crippen molar-refractivity contribution < 1.29 is 9.53 Å². The van der Waals surface area contributed by atoms with E-state index in [1.165, 1.54) is 0 Å². The molecule has 0 unspecified atom stereocenters. The van der Waals surface area contributed by atoms with E-state index in [1.807, 2.05) is 22.9 Å². The van der Waals surface area contributed by atoms with Gasteiger partial charge < -0.3 is 14.2 Å². The number of imidazole rings is 1. The van der Waals surface area contributed by atoms with E-state index >= 15 is 0 Å². The Morgan fingerprint density at radius 2 is 1.90 bits per heavy atom. The third-order valence-electron chi connectivity index (χ3n) is 5.32. The molecule has 1 aromatic heterocycles. The van der Waals surface area contributed by atoms with Gasteiger partial charge in [0.05, 0.1) is 19.2 Å². The van der Waals surface area contributed by atoms with Crippen LogP contribution in [-0.2, 0) is 17.8 Å². The second-order valence-corrected chi connectivity index (χ2v) is 8.81. The molecule has 0 bridgehead atoms. The van der Waals surface area contributed by atoms with E-state index in [0.717, 1.165) is 30.8 Å². The molecule has 0 spiro atoms. The van der Waals surface area contributed by atoms with Crippen LogP contribution in [-0.4, -0.2) is 39.6 Å². The molecule has 3 aromatic rings. The van der Waals surface area contributed by atoms with Crippen molar-refractivity contribution in [2.24, 2.45) is 0 Å². The van der Waals surface area contributed by atoms with E-state index < -0.39 is 0 Å². The smallest absolute Gasteiger partial charge is 0.254 e. The Hall–Kier alpha value is -2.05. The van der Waals surface area contributed by atoms with E-state index in [4.69, 9.17) is 39.5 Å². The number of ether oxygens (including phenoxy) is 1. The van der Waals surface area contributed by atoms with Gasteiger partial charge in [-0.25, -0.2) is 4.98 Å². The highest BCUT2D eigenvalue weighted by Crippen LogP contribution is 2.23. The summed E-state index contributed by atoms with van der Waals surface area (Å²) in [7, 11) is 0. The van der Waals surface area contributed by atoms with Crippen LogP contribution in [0.2, 0.25) is 15.1 Å². The molecular weight excluding hydrogens is 457 g/mol. The Morgan fingerprint density at radius 1 is 1.13 bits per heavy atom. The molecule has 1 saturated heterocycles. The summed E-state index contributed by atoms with van der Waals surface area (Å²) in [5.41, 5.74) is 1.52. The van der Waals surface area contributed by atoms with Crippen LogP contribution in [0.1, 0.15) is 34.6 Å². The quantitative estimate of drug-likeness (QED) is 0.437. The Labute approximate surface area is 196 Å². The van der Waals surface area contributed by atoms with Crippen molar-refractivity contribution in [3.63, 3.8) is 0 Å². The third-order valence-corrected chi connectivity index (χ3v) is 6.16. The molecule has 2 heterocycles. The minimum Gasteiger partial charge on any atom is -0.376 e. The zero-order chi connectivity index (χ0) is 21.8. The summed E-state index contributed by atoms with van der Waals surface area (Å²) in [6, 6.07) is 12.4. The first-order valence-electron chi connectivity index (χ1n) is 10.1. The number of rotatable bonds is 7. The van der Waals surface area contributed by atoms with E-state index in [9.17, 15) is 4.79 Å². The average molecular weight is 479 g/mol. The number of nitrogens with zero attached hydrogens (tertiary/aromatic N) is 3. The molecular formula is C23H22Cl3N3O2. The monoisotopic (exact) mass is 477 g/mol. The molecule has 2 aromatic carbocycles. The van der Waals surface area contributed by atoms with Crippen LogP contribution in [0.15, 0.2) is 54.9 Å². The maximum Gasteiger partial charge on any atom is 0.254 e. The number of amides is 1. The van der Waals surface area contributed by atoms with E-state index in [1.54, 1.807) is 41.4 Å². The van der Waals surface area contributed by atoms with E-state index in [0.29, 0.717) is 40.3 Å². The molecule has 1 fully saturated rings. The van der Waals surface area contributed by atoms with Crippen LogP contribution < -0.4 is 0 Å². The van der Waals surface area contributed by atoms with E-state index in [2.05, 4.69) is 4.98 Å². The molecule has 31 heavy (non-hydrogen) atoms. The van der Waals surface area contributed by atoms with Gasteiger partial charge in [0.1, 0.15) is 5.82 Å². The van der Waals surface area contributed by atoms with Gasteiger partial charge in [-0.1, -0.05) is 40.9 Å². The standard InChI is InChI=1S/C23H22Cl3N3O2/c24-18-6-3-16(4-7-18)23(30)29(14-20-2-1-11-31-20)15-22-27-9-10-28(22)13-17-5-8-19(25)12-21(17)26/h3-10,12,20H,1-2,11,13-15H2/t20-/m1/s1. The Morgan fingerprint density at radius 3 is 2.61 bits per heavy atom. The number of carbonyl (C=O) groups is 1. The lowest BCUT2D eigenvalue weighted by Crippen LogP contribution is -2.37. The molecule has 1 aliphatic heterocycles. The fourth-order valence-corrected chi connectivity index (χ4v) is 4.26. The first-order chi connectivity index (χ1) is 15.0. The van der Waals surface area contributed by atoms with Gasteiger partial charge in [-0.05, 0) is 54.8 Å². The van der Waals surface area contributed by atoms with Crippen LogP contribution >= 0.6 is 34.8 Å². The number of hydrogen-bond donors (Lipinski definition) is 0. The molecule has 4 rings (SSSR count). The minimum atomic E-state index is -0.0776. The van der Waals surface area contributed by atoms with Crippen LogP contribution in [0.25, 0.3) is 0 Å².